The van der Waals surface area contributed by atoms with E-state index in [-0.39, 0.29) is 11.5 Å². The molecular formula is C19H13FN2O2S2. The first-order valence-electron chi connectivity index (χ1n) is 7.97. The lowest BCUT2D eigenvalue weighted by atomic mass is 10.1. The van der Waals surface area contributed by atoms with E-state index in [0.29, 0.717) is 25.1 Å². The van der Waals surface area contributed by atoms with Crippen molar-refractivity contribution < 1.29 is 14.3 Å². The minimum Gasteiger partial charge on any atom is -0.493 e. The fraction of sp³-hybridized carbons (Fsp3) is 0.105. The Bertz CT molecular complexity index is 1220. The Balaban J connectivity index is 1.95. The molecule has 26 heavy (non-hydrogen) atoms. The molecule has 0 spiro atoms. The van der Waals surface area contributed by atoms with Crippen molar-refractivity contribution in [1.82, 2.24) is 4.57 Å². The van der Waals surface area contributed by atoms with Crippen molar-refractivity contribution >= 4 is 35.0 Å². The molecule has 0 radical (unpaired) electrons. The molecule has 0 saturated carbocycles. The van der Waals surface area contributed by atoms with Gasteiger partial charge in [-0.3, -0.25) is 9.36 Å². The van der Waals surface area contributed by atoms with Gasteiger partial charge in [0.05, 0.1) is 16.6 Å². The van der Waals surface area contributed by atoms with Gasteiger partial charge in [0.1, 0.15) is 10.7 Å². The van der Waals surface area contributed by atoms with Gasteiger partial charge in [-0.2, -0.15) is 0 Å². The van der Waals surface area contributed by atoms with Crippen LogP contribution in [0.1, 0.15) is 17.4 Å². The van der Waals surface area contributed by atoms with Crippen LogP contribution in [0.5, 0.6) is 5.88 Å². The molecule has 0 saturated heterocycles. The molecule has 2 aromatic carbocycles. The Morgan fingerprint density at radius 1 is 1.23 bits per heavy atom. The van der Waals surface area contributed by atoms with Crippen LogP contribution in [0.2, 0.25) is 0 Å². The van der Waals surface area contributed by atoms with Gasteiger partial charge in [-0.25, -0.2) is 9.38 Å². The Hall–Kier alpha value is -2.64. The number of carbonyl (C=O) groups is 1. The predicted octanol–water partition coefficient (Wildman–Crippen LogP) is 3.03. The number of halogens is 1. The van der Waals surface area contributed by atoms with Crippen LogP contribution in [0.25, 0.3) is 11.3 Å². The van der Waals surface area contributed by atoms with Crippen molar-refractivity contribution in [2.45, 2.75) is 13.3 Å². The second-order valence-electron chi connectivity index (χ2n) is 5.83. The van der Waals surface area contributed by atoms with E-state index in [1.165, 1.54) is 28.3 Å². The van der Waals surface area contributed by atoms with E-state index < -0.39 is 11.7 Å². The van der Waals surface area contributed by atoms with Gasteiger partial charge in [0.25, 0.3) is 5.91 Å². The third-order valence-electron chi connectivity index (χ3n) is 4.28. The molecule has 1 amide bonds. The van der Waals surface area contributed by atoms with E-state index in [1.54, 1.807) is 0 Å². The van der Waals surface area contributed by atoms with Gasteiger partial charge in [0.15, 0.2) is 3.95 Å². The summed E-state index contributed by atoms with van der Waals surface area (Å²) in [6, 6.07) is 11.6. The third-order valence-corrected chi connectivity index (χ3v) is 5.66. The summed E-state index contributed by atoms with van der Waals surface area (Å²) in [6.45, 7) is 2.06. The van der Waals surface area contributed by atoms with Crippen molar-refractivity contribution in [3.05, 3.63) is 73.3 Å². The summed E-state index contributed by atoms with van der Waals surface area (Å²) in [6.07, 6.45) is 0.906. The van der Waals surface area contributed by atoms with Crippen LogP contribution in [0, 0.1) is 9.77 Å². The minimum absolute atomic E-state index is 0.139. The second-order valence-corrected chi connectivity index (χ2v) is 7.47. The smallest absolute Gasteiger partial charge is 0.279 e. The zero-order valence-electron chi connectivity index (χ0n) is 13.7. The molecule has 0 bridgehead atoms. The summed E-state index contributed by atoms with van der Waals surface area (Å²) < 4.78 is 15.5. The molecule has 130 valence electrons. The largest absolute Gasteiger partial charge is 0.493 e. The van der Waals surface area contributed by atoms with Crippen LogP contribution >= 0.6 is 23.6 Å². The maximum absolute atomic E-state index is 13.6. The SMILES string of the molecule is CCc1ccc(-n2c(O)c(C3=c4cc(F)ccc4=NC3=O)sc2=S)cc1. The van der Waals surface area contributed by atoms with Crippen LogP contribution in [-0.4, -0.2) is 15.6 Å². The topological polar surface area (TPSA) is 54.6 Å². The van der Waals surface area contributed by atoms with Crippen LogP contribution in [0.3, 0.4) is 0 Å². The number of hydrogen-bond acceptors (Lipinski definition) is 4. The first kappa shape index (κ1) is 16.8. The fourth-order valence-electron chi connectivity index (χ4n) is 2.94. The van der Waals surface area contributed by atoms with E-state index in [1.807, 2.05) is 24.3 Å². The van der Waals surface area contributed by atoms with Gasteiger partial charge < -0.3 is 5.11 Å². The molecule has 0 aliphatic carbocycles. The third kappa shape index (κ3) is 2.60. The second kappa shape index (κ2) is 6.26. The zero-order valence-corrected chi connectivity index (χ0v) is 15.3. The first-order valence-corrected chi connectivity index (χ1v) is 9.19. The number of benzene rings is 2. The number of rotatable bonds is 3. The number of aromatic hydroxyl groups is 1. The molecule has 1 N–H and O–H groups in total. The van der Waals surface area contributed by atoms with Crippen molar-refractivity contribution in [3.8, 4) is 11.6 Å². The molecule has 4 rings (SSSR count). The fourth-order valence-corrected chi connectivity index (χ4v) is 4.33. The van der Waals surface area contributed by atoms with Gasteiger partial charge in [-0.15, -0.1) is 11.3 Å². The quantitative estimate of drug-likeness (QED) is 0.707. The van der Waals surface area contributed by atoms with Crippen LogP contribution in [-0.2, 0) is 11.2 Å². The summed E-state index contributed by atoms with van der Waals surface area (Å²) in [5.74, 6) is -1.12. The highest BCUT2D eigenvalue weighted by molar-refractivity contribution is 7.73. The molecule has 2 heterocycles. The Morgan fingerprint density at radius 3 is 2.65 bits per heavy atom. The van der Waals surface area contributed by atoms with E-state index in [2.05, 4.69) is 11.9 Å². The average Bonchev–Trinajstić information content (AvgIpc) is 3.10. The van der Waals surface area contributed by atoms with Gasteiger partial charge >= 0.3 is 0 Å². The van der Waals surface area contributed by atoms with Crippen molar-refractivity contribution in [2.75, 3.05) is 0 Å². The molecule has 1 aliphatic rings. The molecule has 0 atom stereocenters. The number of aromatic nitrogens is 1. The van der Waals surface area contributed by atoms with Crippen molar-refractivity contribution in [1.29, 1.82) is 0 Å². The van der Waals surface area contributed by atoms with Crippen molar-refractivity contribution in [3.63, 3.8) is 0 Å². The highest BCUT2D eigenvalue weighted by Gasteiger charge is 2.25. The van der Waals surface area contributed by atoms with Gasteiger partial charge in [-0.1, -0.05) is 19.1 Å². The van der Waals surface area contributed by atoms with Crippen LogP contribution in [0.15, 0.2) is 47.5 Å². The molecular weight excluding hydrogens is 371 g/mol. The normalized spacial score (nSPS) is 13.0. The van der Waals surface area contributed by atoms with E-state index in [0.717, 1.165) is 17.8 Å². The number of hydrogen-bond donors (Lipinski definition) is 1. The van der Waals surface area contributed by atoms with E-state index >= 15 is 0 Å². The summed E-state index contributed by atoms with van der Waals surface area (Å²) in [5.41, 5.74) is 2.05. The molecule has 1 aromatic heterocycles. The Kier molecular flexibility index (Phi) is 4.05. The van der Waals surface area contributed by atoms with E-state index in [4.69, 9.17) is 12.2 Å². The minimum atomic E-state index is -0.509. The zero-order chi connectivity index (χ0) is 18.4. The number of nitrogens with zero attached hydrogens (tertiary/aromatic N) is 2. The summed E-state index contributed by atoms with van der Waals surface area (Å²) in [7, 11) is 0. The number of fused-ring (bicyclic) bond motifs is 1. The number of amides is 1. The average molecular weight is 384 g/mol. The molecule has 0 fully saturated rings. The van der Waals surface area contributed by atoms with Gasteiger partial charge in [0.2, 0.25) is 5.88 Å². The highest BCUT2D eigenvalue weighted by atomic mass is 32.1. The Morgan fingerprint density at radius 2 is 1.96 bits per heavy atom. The van der Waals surface area contributed by atoms with Gasteiger partial charge in [0, 0.05) is 5.22 Å². The van der Waals surface area contributed by atoms with Crippen LogP contribution in [0.4, 0.5) is 4.39 Å². The van der Waals surface area contributed by atoms with Crippen molar-refractivity contribution in [2.24, 2.45) is 4.99 Å². The summed E-state index contributed by atoms with van der Waals surface area (Å²) in [5, 5.41) is 11.5. The van der Waals surface area contributed by atoms with Crippen LogP contribution < -0.4 is 10.6 Å². The molecule has 0 unspecified atom stereocenters. The summed E-state index contributed by atoms with van der Waals surface area (Å²) in [4.78, 5) is 16.6. The monoisotopic (exact) mass is 384 g/mol. The van der Waals surface area contributed by atoms with E-state index in [9.17, 15) is 14.3 Å². The molecule has 3 aromatic rings. The lowest BCUT2D eigenvalue weighted by Gasteiger charge is -2.06. The first-order chi connectivity index (χ1) is 12.5. The lowest BCUT2D eigenvalue weighted by Crippen LogP contribution is -2.23. The number of carbonyl (C=O) groups excluding carboxylic acids is 1. The summed E-state index contributed by atoms with van der Waals surface area (Å²) >= 11 is 6.50. The molecule has 4 nitrogen and oxygen atoms in total. The molecule has 7 heteroatoms. The highest BCUT2D eigenvalue weighted by Crippen LogP contribution is 2.34. The lowest BCUT2D eigenvalue weighted by molar-refractivity contribution is -0.112. The Labute approximate surface area is 157 Å². The maximum Gasteiger partial charge on any atom is 0.279 e. The van der Waals surface area contributed by atoms with Gasteiger partial charge in [-0.05, 0) is 54.5 Å². The standard InChI is InChI=1S/C19H13FN2O2S2/c1-2-10-3-6-12(7-4-10)22-18(24)16(26-19(22)25)15-13-9-11(20)5-8-14(13)21-17(15)23/h3-9,24H,2H2,1H3. The molecule has 1 aliphatic heterocycles. The number of aryl methyl sites for hydroxylation is 1. The maximum atomic E-state index is 13.6. The predicted molar refractivity (Wildman–Crippen MR) is 100 cm³/mol. The number of thiazole rings is 1.